The van der Waals surface area contributed by atoms with E-state index in [-0.39, 0.29) is 35.5 Å². The summed E-state index contributed by atoms with van der Waals surface area (Å²) in [4.78, 5) is 29.9. The summed E-state index contributed by atoms with van der Waals surface area (Å²) in [6.07, 6.45) is 5.85. The summed E-state index contributed by atoms with van der Waals surface area (Å²) >= 11 is 1.55. The molecule has 3 heterocycles. The van der Waals surface area contributed by atoms with Gasteiger partial charge in [0.2, 0.25) is 11.8 Å². The predicted molar refractivity (Wildman–Crippen MR) is 166 cm³/mol. The van der Waals surface area contributed by atoms with Gasteiger partial charge in [-0.05, 0) is 83.8 Å². The summed E-state index contributed by atoms with van der Waals surface area (Å²) in [5.74, 6) is -0.981. The minimum Gasteiger partial charge on any atom is -0.508 e. The van der Waals surface area contributed by atoms with Crippen LogP contribution in [-0.2, 0) is 20.8 Å². The molecule has 8 heteroatoms. The van der Waals surface area contributed by atoms with Crippen LogP contribution in [0.25, 0.3) is 11.6 Å². The summed E-state index contributed by atoms with van der Waals surface area (Å²) < 4.78 is 6.24. The van der Waals surface area contributed by atoms with Crippen molar-refractivity contribution in [1.82, 2.24) is 4.90 Å². The van der Waals surface area contributed by atoms with E-state index in [1.54, 1.807) is 23.5 Å². The number of imide groups is 1. The van der Waals surface area contributed by atoms with Crippen LogP contribution in [-0.4, -0.2) is 40.1 Å². The fraction of sp³-hybridized carbons (Fsp3) is 0.353. The van der Waals surface area contributed by atoms with E-state index in [4.69, 9.17) is 4.65 Å². The molecule has 0 saturated carbocycles. The number of rotatable bonds is 9. The van der Waals surface area contributed by atoms with Crippen LogP contribution in [0, 0.1) is 17.8 Å². The van der Waals surface area contributed by atoms with Crippen molar-refractivity contribution in [2.45, 2.75) is 58.0 Å². The molecule has 42 heavy (non-hydrogen) atoms. The third kappa shape index (κ3) is 5.76. The van der Waals surface area contributed by atoms with Crippen LogP contribution in [0.15, 0.2) is 83.3 Å². The Morgan fingerprint density at radius 2 is 1.83 bits per heavy atom. The van der Waals surface area contributed by atoms with Crippen molar-refractivity contribution in [1.29, 1.82) is 0 Å². The second-order valence-corrected chi connectivity index (χ2v) is 12.6. The van der Waals surface area contributed by atoms with E-state index in [0.717, 1.165) is 40.0 Å². The molecule has 2 saturated heterocycles. The normalized spacial score (nSPS) is 24.3. The lowest BCUT2D eigenvalue weighted by atomic mass is 9.58. The Balaban J connectivity index is 1.30. The molecule has 2 aromatic carbocycles. The predicted octanol–water partition coefficient (Wildman–Crippen LogP) is 6.57. The first-order valence-electron chi connectivity index (χ1n) is 14.9. The Bertz CT molecular complexity index is 1480. The zero-order valence-electron chi connectivity index (χ0n) is 23.8. The minimum atomic E-state index is -0.985. The highest BCUT2D eigenvalue weighted by Crippen LogP contribution is 2.51. The third-order valence-corrected chi connectivity index (χ3v) is 9.76. The maximum absolute atomic E-state index is 13.8. The fourth-order valence-corrected chi connectivity index (χ4v) is 7.78. The minimum absolute atomic E-state index is 0.0771. The number of amides is 2. The molecule has 0 radical (unpaired) electrons. The molecule has 6 nitrogen and oxygen atoms in total. The molecule has 3 aliphatic rings. The van der Waals surface area contributed by atoms with E-state index < -0.39 is 13.0 Å². The monoisotopic (exact) mass is 581 g/mol. The first-order chi connectivity index (χ1) is 20.4. The number of thiophene rings is 1. The molecule has 1 aromatic heterocycles. The van der Waals surface area contributed by atoms with Gasteiger partial charge in [0.25, 0.3) is 0 Å². The maximum atomic E-state index is 13.8. The highest BCUT2D eigenvalue weighted by atomic mass is 32.1. The number of phenolic OH excluding ortho intramolecular Hbond substituents is 1. The second-order valence-electron chi connectivity index (χ2n) is 11.6. The third-order valence-electron chi connectivity index (χ3n) is 8.90. The lowest BCUT2D eigenvalue weighted by Gasteiger charge is -2.43. The number of likely N-dealkylation sites (tertiary alicyclic amines) is 1. The summed E-state index contributed by atoms with van der Waals surface area (Å²) in [5.41, 5.74) is 5.58. The molecule has 4 atom stereocenters. The summed E-state index contributed by atoms with van der Waals surface area (Å²) in [5, 5.41) is 22.6. The molecule has 0 bridgehead atoms. The molecule has 6 rings (SSSR count). The van der Waals surface area contributed by atoms with Crippen LogP contribution in [0.2, 0.25) is 6.32 Å². The van der Waals surface area contributed by atoms with Gasteiger partial charge in [-0.1, -0.05) is 73.5 Å². The van der Waals surface area contributed by atoms with Crippen molar-refractivity contribution in [2.75, 3.05) is 0 Å². The molecule has 2 aliphatic heterocycles. The van der Waals surface area contributed by atoms with E-state index in [0.29, 0.717) is 32.1 Å². The average Bonchev–Trinajstić information content (AvgIpc) is 3.59. The first-order valence-corrected chi connectivity index (χ1v) is 15.8. The molecule has 216 valence electrons. The topological polar surface area (TPSA) is 87.1 Å². The van der Waals surface area contributed by atoms with Crippen LogP contribution in [0.1, 0.15) is 55.0 Å². The van der Waals surface area contributed by atoms with Crippen LogP contribution < -0.4 is 0 Å². The Morgan fingerprint density at radius 1 is 1.05 bits per heavy atom. The van der Waals surface area contributed by atoms with Crippen molar-refractivity contribution in [3.63, 3.8) is 0 Å². The number of carbonyl (C=O) groups is 2. The number of phenols is 1. The van der Waals surface area contributed by atoms with Crippen molar-refractivity contribution in [3.8, 4) is 5.75 Å². The lowest BCUT2D eigenvalue weighted by molar-refractivity contribution is -0.140. The molecule has 0 spiro atoms. The molecule has 3 aromatic rings. The van der Waals surface area contributed by atoms with Gasteiger partial charge in [-0.15, -0.1) is 11.3 Å². The van der Waals surface area contributed by atoms with Crippen LogP contribution in [0.5, 0.6) is 5.75 Å². The number of benzene rings is 2. The van der Waals surface area contributed by atoms with Gasteiger partial charge in [-0.3, -0.25) is 14.5 Å². The number of carbonyl (C=O) groups excluding carboxylic acids is 2. The van der Waals surface area contributed by atoms with Crippen molar-refractivity contribution < 1.29 is 24.4 Å². The number of allylic oxidation sites excluding steroid dienone is 2. The standard InChI is InChI=1S/C34H36BNO5S/c1-2-7-25-19-28-32(34(39)36(33(28)38)21-27-10-6-17-42-27)29-20-35(40)41-30(31(25)29)16-13-24(23-8-4-3-5-9-23)18-22-11-14-26(37)15-12-22/h3-6,8-12,14-15,17-18,28-30,32,37,40H,2,7,13,16,19-21H2,1H3/b24-18-/t28-,29+,30-,32-/m1/s1. The Labute approximate surface area is 251 Å². The van der Waals surface area contributed by atoms with Crippen LogP contribution in [0.3, 0.4) is 0 Å². The van der Waals surface area contributed by atoms with Crippen LogP contribution in [0.4, 0.5) is 0 Å². The number of aromatic hydroxyl groups is 1. The van der Waals surface area contributed by atoms with E-state index in [1.807, 2.05) is 47.8 Å². The first kappa shape index (κ1) is 28.7. The van der Waals surface area contributed by atoms with Gasteiger partial charge in [0, 0.05) is 4.88 Å². The molecule has 2 fully saturated rings. The molecular formula is C34H36BNO5S. The van der Waals surface area contributed by atoms with E-state index >= 15 is 0 Å². The Morgan fingerprint density at radius 3 is 2.55 bits per heavy atom. The lowest BCUT2D eigenvalue weighted by Crippen LogP contribution is -2.46. The molecule has 1 aliphatic carbocycles. The van der Waals surface area contributed by atoms with Gasteiger partial charge in [-0.2, -0.15) is 0 Å². The highest BCUT2D eigenvalue weighted by molar-refractivity contribution is 7.09. The summed E-state index contributed by atoms with van der Waals surface area (Å²) in [7, 11) is -0.985. The quantitative estimate of drug-likeness (QED) is 0.129. The number of hydrogen-bond donors (Lipinski definition) is 2. The summed E-state index contributed by atoms with van der Waals surface area (Å²) in [6.45, 7) is 2.46. The number of fused-ring (bicyclic) bond motifs is 3. The average molecular weight is 582 g/mol. The second kappa shape index (κ2) is 12.4. The summed E-state index contributed by atoms with van der Waals surface area (Å²) in [6, 6.07) is 21.3. The zero-order chi connectivity index (χ0) is 29.2. The van der Waals surface area contributed by atoms with Gasteiger partial charge in [0.05, 0.1) is 24.5 Å². The Hall–Kier alpha value is -3.46. The van der Waals surface area contributed by atoms with Crippen molar-refractivity contribution in [2.24, 2.45) is 17.8 Å². The van der Waals surface area contributed by atoms with Crippen molar-refractivity contribution in [3.05, 3.63) is 99.3 Å². The van der Waals surface area contributed by atoms with E-state index in [9.17, 15) is 19.7 Å². The largest absolute Gasteiger partial charge is 0.508 e. The molecule has 2 N–H and O–H groups in total. The van der Waals surface area contributed by atoms with Crippen molar-refractivity contribution >= 4 is 41.9 Å². The van der Waals surface area contributed by atoms with Gasteiger partial charge in [-0.25, -0.2) is 0 Å². The highest BCUT2D eigenvalue weighted by Gasteiger charge is 2.57. The van der Waals surface area contributed by atoms with E-state index in [2.05, 4.69) is 25.1 Å². The smallest absolute Gasteiger partial charge is 0.455 e. The van der Waals surface area contributed by atoms with Gasteiger partial charge in [0.1, 0.15) is 5.75 Å². The Kier molecular flexibility index (Phi) is 8.47. The SMILES string of the molecule is CCCC1=C2[C@@H](CC/C(=C/c3ccc(O)cc3)c3ccccc3)OB(O)C[C@@H]2[C@@H]2C(=O)N(Cc3cccs3)C(=O)[C@@H]2C1. The van der Waals surface area contributed by atoms with Gasteiger partial charge < -0.3 is 14.8 Å². The van der Waals surface area contributed by atoms with E-state index in [1.165, 1.54) is 10.5 Å². The fourth-order valence-electron chi connectivity index (χ4n) is 7.09. The molecule has 0 unspecified atom stereocenters. The van der Waals surface area contributed by atoms with Gasteiger partial charge in [0.15, 0.2) is 0 Å². The molecular weight excluding hydrogens is 545 g/mol. The zero-order valence-corrected chi connectivity index (χ0v) is 24.6. The van der Waals surface area contributed by atoms with Crippen LogP contribution >= 0.6 is 11.3 Å². The molecule has 2 amide bonds. The number of nitrogens with zero attached hydrogens (tertiary/aromatic N) is 1. The maximum Gasteiger partial charge on any atom is 0.455 e. The number of hydrogen-bond acceptors (Lipinski definition) is 6. The van der Waals surface area contributed by atoms with Gasteiger partial charge >= 0.3 is 7.12 Å².